The average Bonchev–Trinajstić information content (AvgIpc) is 1.87. The van der Waals surface area contributed by atoms with Crippen molar-refractivity contribution in [3.63, 3.8) is 0 Å². The third kappa shape index (κ3) is 3.73. The van der Waals surface area contributed by atoms with Gasteiger partial charge >= 0.3 is 0 Å². The molecule has 0 aliphatic heterocycles. The molecule has 62 valence electrons. The van der Waals surface area contributed by atoms with Crippen molar-refractivity contribution in [3.05, 3.63) is 0 Å². The van der Waals surface area contributed by atoms with Crippen LogP contribution in [-0.2, 0) is 11.1 Å². The second-order valence-electron chi connectivity index (χ2n) is 1.69. The summed E-state index contributed by atoms with van der Waals surface area (Å²) in [6.07, 6.45) is 0.796. The van der Waals surface area contributed by atoms with Crippen LogP contribution in [0.1, 0.15) is 13.3 Å². The quantitative estimate of drug-likeness (QED) is 0.328. The smallest absolute Gasteiger partial charge is 0.200 e. The Balaban J connectivity index is 3.69. The first kappa shape index (κ1) is 10.7. The molecule has 0 aliphatic carbocycles. The summed E-state index contributed by atoms with van der Waals surface area (Å²) in [7, 11) is 0. The summed E-state index contributed by atoms with van der Waals surface area (Å²) in [5, 5.41) is 0. The number of hydrogen-bond acceptors (Lipinski definition) is 2. The fraction of sp³-hybridized carbons (Fsp3) is 1.00. The number of hydrogen-bond donors (Lipinski definition) is 1. The number of nitrogens with zero attached hydrogens (tertiary/aromatic N) is 1. The molecule has 0 aromatic carbocycles. The second kappa shape index (κ2) is 5.32. The zero-order valence-corrected chi connectivity index (χ0v) is 7.79. The van der Waals surface area contributed by atoms with Gasteiger partial charge in [-0.15, -0.1) is 0 Å². The average molecular weight is 206 g/mol. The Morgan fingerprint density at radius 3 is 2.60 bits per heavy atom. The Labute approximate surface area is 72.7 Å². The van der Waals surface area contributed by atoms with Crippen LogP contribution in [0.4, 0.5) is 0 Å². The van der Waals surface area contributed by atoms with Gasteiger partial charge in [0.1, 0.15) is 0 Å². The van der Waals surface area contributed by atoms with Gasteiger partial charge in [0.25, 0.3) is 0 Å². The Morgan fingerprint density at radius 1 is 1.80 bits per heavy atom. The lowest BCUT2D eigenvalue weighted by Crippen LogP contribution is -2.26. The van der Waals surface area contributed by atoms with Gasteiger partial charge in [-0.2, -0.15) is 4.42 Å². The Bertz CT molecular complexity index is 124. The van der Waals surface area contributed by atoms with Crippen molar-refractivity contribution < 1.29 is 8.76 Å². The molecule has 6 heteroatoms. The van der Waals surface area contributed by atoms with Gasteiger partial charge in [-0.1, -0.05) is 18.5 Å². The van der Waals surface area contributed by atoms with Crippen LogP contribution in [0.3, 0.4) is 0 Å². The number of halogens is 2. The van der Waals surface area contributed by atoms with E-state index in [2.05, 4.69) is 0 Å². The van der Waals surface area contributed by atoms with E-state index in [4.69, 9.17) is 27.9 Å². The summed E-state index contributed by atoms with van der Waals surface area (Å²) < 4.78 is 19.8. The van der Waals surface area contributed by atoms with Crippen molar-refractivity contribution in [2.75, 3.05) is 6.54 Å². The van der Waals surface area contributed by atoms with Crippen LogP contribution in [0.5, 0.6) is 0 Å². The lowest BCUT2D eigenvalue weighted by molar-refractivity contribution is 0.460. The second-order valence-corrected chi connectivity index (χ2v) is 3.80. The van der Waals surface area contributed by atoms with Crippen molar-refractivity contribution in [2.45, 2.75) is 18.2 Å². The first-order chi connectivity index (χ1) is 4.59. The number of alkyl halides is 1. The standard InChI is InChI=1S/C4H9Cl2NO2S/c1-2-3-7(6)4(5)10(8)9/h4H,2-3H2,1H3,(H,8,9). The minimum absolute atomic E-state index is 0.502. The molecule has 0 saturated heterocycles. The largest absolute Gasteiger partial charge is 0.304 e. The maximum absolute atomic E-state index is 10.3. The SMILES string of the molecule is CCCN(Cl)C(Cl)S(=O)O. The van der Waals surface area contributed by atoms with E-state index in [1.54, 1.807) is 0 Å². The van der Waals surface area contributed by atoms with Crippen molar-refractivity contribution in [1.82, 2.24) is 4.42 Å². The molecule has 0 rings (SSSR count). The summed E-state index contributed by atoms with van der Waals surface area (Å²) >= 11 is 8.78. The summed E-state index contributed by atoms with van der Waals surface area (Å²) in [5.74, 6) is 0. The highest BCUT2D eigenvalue weighted by Gasteiger charge is 2.17. The minimum Gasteiger partial charge on any atom is -0.304 e. The Morgan fingerprint density at radius 2 is 2.30 bits per heavy atom. The molecule has 0 aliphatic rings. The monoisotopic (exact) mass is 205 g/mol. The third-order valence-electron chi connectivity index (χ3n) is 0.824. The van der Waals surface area contributed by atoms with E-state index in [0.717, 1.165) is 10.8 Å². The van der Waals surface area contributed by atoms with Gasteiger partial charge < -0.3 is 4.55 Å². The normalized spacial score (nSPS) is 17.3. The lowest BCUT2D eigenvalue weighted by atomic mass is 10.5. The molecule has 2 atom stereocenters. The zero-order chi connectivity index (χ0) is 8.15. The molecule has 0 spiro atoms. The molecular weight excluding hydrogens is 197 g/mol. The van der Waals surface area contributed by atoms with E-state index in [-0.39, 0.29) is 0 Å². The molecule has 0 heterocycles. The van der Waals surface area contributed by atoms with E-state index >= 15 is 0 Å². The highest BCUT2D eigenvalue weighted by Crippen LogP contribution is 2.10. The van der Waals surface area contributed by atoms with Crippen molar-refractivity contribution >= 4 is 34.5 Å². The predicted molar refractivity (Wildman–Crippen MR) is 43.3 cm³/mol. The molecule has 0 bridgehead atoms. The van der Waals surface area contributed by atoms with E-state index in [9.17, 15) is 4.21 Å². The molecule has 1 N–H and O–H groups in total. The van der Waals surface area contributed by atoms with E-state index in [0.29, 0.717) is 6.54 Å². The van der Waals surface area contributed by atoms with Crippen molar-refractivity contribution in [1.29, 1.82) is 0 Å². The van der Waals surface area contributed by atoms with Gasteiger partial charge in [0.2, 0.25) is 0 Å². The lowest BCUT2D eigenvalue weighted by Gasteiger charge is -2.14. The summed E-state index contributed by atoms with van der Waals surface area (Å²) in [6, 6.07) is 0. The van der Waals surface area contributed by atoms with Crippen molar-refractivity contribution in [2.24, 2.45) is 0 Å². The molecule has 0 radical (unpaired) electrons. The molecular formula is C4H9Cl2NO2S. The fourth-order valence-corrected chi connectivity index (χ4v) is 1.19. The van der Waals surface area contributed by atoms with Crippen LogP contribution in [0, 0.1) is 0 Å². The number of rotatable bonds is 4. The minimum atomic E-state index is -2.08. The van der Waals surface area contributed by atoms with Gasteiger partial charge in [0.15, 0.2) is 15.9 Å². The highest BCUT2D eigenvalue weighted by molar-refractivity contribution is 7.81. The topological polar surface area (TPSA) is 40.5 Å². The van der Waals surface area contributed by atoms with Crippen LogP contribution in [0.2, 0.25) is 0 Å². The van der Waals surface area contributed by atoms with Gasteiger partial charge in [0.05, 0.1) is 0 Å². The summed E-state index contributed by atoms with van der Waals surface area (Å²) in [6.45, 7) is 2.40. The molecule has 0 aromatic rings. The molecule has 0 amide bonds. The summed E-state index contributed by atoms with van der Waals surface area (Å²) in [5.41, 5.74) is 0. The predicted octanol–water partition coefficient (Wildman–Crippen LogP) is 1.60. The Kier molecular flexibility index (Phi) is 5.67. The first-order valence-corrected chi connectivity index (χ1v) is 4.70. The van der Waals surface area contributed by atoms with Crippen LogP contribution < -0.4 is 0 Å². The van der Waals surface area contributed by atoms with Crippen LogP contribution in [0.25, 0.3) is 0 Å². The first-order valence-electron chi connectivity index (χ1n) is 2.75. The molecule has 2 unspecified atom stereocenters. The molecule has 0 fully saturated rings. The zero-order valence-electron chi connectivity index (χ0n) is 5.46. The van der Waals surface area contributed by atoms with Gasteiger partial charge in [0, 0.05) is 6.54 Å². The van der Waals surface area contributed by atoms with Gasteiger partial charge in [-0.05, 0) is 18.2 Å². The maximum atomic E-state index is 10.3. The molecule has 0 aromatic heterocycles. The molecule has 10 heavy (non-hydrogen) atoms. The fourth-order valence-electron chi connectivity index (χ4n) is 0.413. The van der Waals surface area contributed by atoms with Crippen LogP contribution in [0.15, 0.2) is 0 Å². The molecule has 3 nitrogen and oxygen atoms in total. The van der Waals surface area contributed by atoms with E-state index in [1.165, 1.54) is 0 Å². The van der Waals surface area contributed by atoms with Crippen LogP contribution in [-0.4, -0.2) is 24.6 Å². The Hall–Kier alpha value is 0.650. The van der Waals surface area contributed by atoms with Crippen LogP contribution >= 0.6 is 23.4 Å². The van der Waals surface area contributed by atoms with Gasteiger partial charge in [-0.3, -0.25) is 0 Å². The molecule has 0 saturated carbocycles. The highest BCUT2D eigenvalue weighted by atomic mass is 35.5. The maximum Gasteiger partial charge on any atom is 0.200 e. The van der Waals surface area contributed by atoms with Gasteiger partial charge in [-0.25, -0.2) is 4.21 Å². The third-order valence-corrected chi connectivity index (χ3v) is 2.68. The van der Waals surface area contributed by atoms with E-state index in [1.807, 2.05) is 6.92 Å². The van der Waals surface area contributed by atoms with E-state index < -0.39 is 15.9 Å². The summed E-state index contributed by atoms with van der Waals surface area (Å²) in [4.78, 5) is -1.01. The van der Waals surface area contributed by atoms with Crippen molar-refractivity contribution in [3.8, 4) is 0 Å².